The van der Waals surface area contributed by atoms with Gasteiger partial charge in [-0.3, -0.25) is 10.1 Å². The molecule has 0 fully saturated rings. The van der Waals surface area contributed by atoms with Crippen molar-refractivity contribution in [2.24, 2.45) is 0 Å². The summed E-state index contributed by atoms with van der Waals surface area (Å²) in [7, 11) is 0. The van der Waals surface area contributed by atoms with Crippen LogP contribution in [0.15, 0.2) is 56.5 Å². The number of amides is 1. The largest absolute Gasteiger partial charge is 0.403 e. The van der Waals surface area contributed by atoms with E-state index in [1.807, 2.05) is 47.2 Å². The van der Waals surface area contributed by atoms with Crippen LogP contribution in [0.1, 0.15) is 6.42 Å². The molecule has 22 heavy (non-hydrogen) atoms. The molecule has 1 amide bonds. The maximum atomic E-state index is 11.8. The number of hydrogen-bond acceptors (Lipinski definition) is 6. The average Bonchev–Trinajstić information content (AvgIpc) is 3.19. The van der Waals surface area contributed by atoms with E-state index in [0.29, 0.717) is 18.1 Å². The summed E-state index contributed by atoms with van der Waals surface area (Å²) in [6.45, 7) is 0. The van der Waals surface area contributed by atoms with E-state index in [1.54, 1.807) is 23.1 Å². The van der Waals surface area contributed by atoms with Crippen molar-refractivity contribution >= 4 is 35.0 Å². The van der Waals surface area contributed by atoms with Crippen LogP contribution in [0.25, 0.3) is 11.5 Å². The normalized spacial score (nSPS) is 10.5. The van der Waals surface area contributed by atoms with Gasteiger partial charge in [-0.15, -0.1) is 16.9 Å². The van der Waals surface area contributed by atoms with Gasteiger partial charge in [-0.25, -0.2) is 0 Å². The Labute approximate surface area is 135 Å². The fourth-order valence-electron chi connectivity index (χ4n) is 1.74. The SMILES string of the molecule is O=C(CCSc1ccccc1)Nc1nnc(-c2ccsc2)o1. The molecule has 0 spiro atoms. The van der Waals surface area contributed by atoms with Crippen LogP contribution in [0.2, 0.25) is 0 Å². The highest BCUT2D eigenvalue weighted by molar-refractivity contribution is 7.99. The topological polar surface area (TPSA) is 68.0 Å². The zero-order valence-electron chi connectivity index (χ0n) is 11.6. The second-order valence-electron chi connectivity index (χ2n) is 4.38. The molecular formula is C15H13N3O2S2. The Hall–Kier alpha value is -2.12. The molecule has 3 aromatic rings. The molecule has 7 heteroatoms. The third-order valence-corrected chi connectivity index (χ3v) is 4.48. The van der Waals surface area contributed by atoms with Crippen molar-refractivity contribution in [2.45, 2.75) is 11.3 Å². The maximum Gasteiger partial charge on any atom is 0.322 e. The molecular weight excluding hydrogens is 318 g/mol. The number of aromatic nitrogens is 2. The van der Waals surface area contributed by atoms with Crippen molar-refractivity contribution in [3.05, 3.63) is 47.2 Å². The number of thiophene rings is 1. The number of benzene rings is 1. The van der Waals surface area contributed by atoms with Crippen molar-refractivity contribution in [2.75, 3.05) is 11.1 Å². The fourth-order valence-corrected chi connectivity index (χ4v) is 3.24. The summed E-state index contributed by atoms with van der Waals surface area (Å²) in [6.07, 6.45) is 0.385. The van der Waals surface area contributed by atoms with Crippen LogP contribution < -0.4 is 5.32 Å². The summed E-state index contributed by atoms with van der Waals surface area (Å²) < 4.78 is 5.41. The zero-order valence-corrected chi connectivity index (χ0v) is 13.2. The van der Waals surface area contributed by atoms with Gasteiger partial charge in [0.1, 0.15) is 0 Å². The molecule has 0 radical (unpaired) electrons. The van der Waals surface area contributed by atoms with E-state index in [-0.39, 0.29) is 11.9 Å². The molecule has 0 saturated heterocycles. The number of carbonyl (C=O) groups excluding carboxylic acids is 1. The predicted octanol–water partition coefficient (Wildman–Crippen LogP) is 3.92. The summed E-state index contributed by atoms with van der Waals surface area (Å²) in [5.41, 5.74) is 0.859. The van der Waals surface area contributed by atoms with Crippen molar-refractivity contribution < 1.29 is 9.21 Å². The lowest BCUT2D eigenvalue weighted by Gasteiger charge is -2.01. The molecule has 0 saturated carbocycles. The van der Waals surface area contributed by atoms with Gasteiger partial charge in [-0.2, -0.15) is 11.3 Å². The average molecular weight is 331 g/mol. The highest BCUT2D eigenvalue weighted by Crippen LogP contribution is 2.22. The van der Waals surface area contributed by atoms with Gasteiger partial charge in [0.05, 0.1) is 0 Å². The van der Waals surface area contributed by atoms with Gasteiger partial charge in [0.2, 0.25) is 5.91 Å². The van der Waals surface area contributed by atoms with E-state index in [2.05, 4.69) is 15.5 Å². The molecule has 1 N–H and O–H groups in total. The molecule has 2 heterocycles. The van der Waals surface area contributed by atoms with E-state index >= 15 is 0 Å². The predicted molar refractivity (Wildman–Crippen MR) is 88.0 cm³/mol. The standard InChI is InChI=1S/C15H13N3O2S2/c19-13(7-9-22-12-4-2-1-3-5-12)16-15-18-17-14(20-15)11-6-8-21-10-11/h1-6,8,10H,7,9H2,(H,16,18,19). The number of nitrogens with one attached hydrogen (secondary N) is 1. The maximum absolute atomic E-state index is 11.8. The summed E-state index contributed by atoms with van der Waals surface area (Å²) in [4.78, 5) is 13.0. The minimum absolute atomic E-state index is 0.135. The highest BCUT2D eigenvalue weighted by atomic mass is 32.2. The van der Waals surface area contributed by atoms with Gasteiger partial charge in [0.25, 0.3) is 5.89 Å². The van der Waals surface area contributed by atoms with Crippen LogP contribution in [-0.2, 0) is 4.79 Å². The first-order valence-electron chi connectivity index (χ1n) is 6.65. The molecule has 112 valence electrons. The number of carbonyl (C=O) groups is 1. The van der Waals surface area contributed by atoms with Gasteiger partial charge in [0, 0.05) is 28.0 Å². The molecule has 0 aliphatic heterocycles. The van der Waals surface area contributed by atoms with E-state index in [4.69, 9.17) is 4.42 Å². The lowest BCUT2D eigenvalue weighted by Crippen LogP contribution is -2.12. The molecule has 0 aliphatic carbocycles. The quantitative estimate of drug-likeness (QED) is 0.693. The summed E-state index contributed by atoms with van der Waals surface area (Å²) >= 11 is 3.19. The van der Waals surface area contributed by atoms with Crippen molar-refractivity contribution in [3.63, 3.8) is 0 Å². The third kappa shape index (κ3) is 3.96. The minimum Gasteiger partial charge on any atom is -0.403 e. The van der Waals surface area contributed by atoms with Crippen molar-refractivity contribution in [1.29, 1.82) is 0 Å². The minimum atomic E-state index is -0.135. The van der Waals surface area contributed by atoms with Crippen LogP contribution in [0, 0.1) is 0 Å². The Morgan fingerprint density at radius 3 is 2.86 bits per heavy atom. The zero-order chi connectivity index (χ0) is 15.2. The fraction of sp³-hybridized carbons (Fsp3) is 0.133. The summed E-state index contributed by atoms with van der Waals surface area (Å²) in [6, 6.07) is 12.0. The van der Waals surface area contributed by atoms with Gasteiger partial charge >= 0.3 is 6.01 Å². The molecule has 0 bridgehead atoms. The first-order chi connectivity index (χ1) is 10.8. The van der Waals surface area contributed by atoms with Gasteiger partial charge in [0.15, 0.2) is 0 Å². The van der Waals surface area contributed by atoms with E-state index in [0.717, 1.165) is 10.5 Å². The third-order valence-electron chi connectivity index (χ3n) is 2.78. The van der Waals surface area contributed by atoms with Gasteiger partial charge in [-0.1, -0.05) is 23.3 Å². The molecule has 3 rings (SSSR count). The molecule has 1 aromatic carbocycles. The molecule has 0 atom stereocenters. The second-order valence-corrected chi connectivity index (χ2v) is 6.33. The van der Waals surface area contributed by atoms with Crippen LogP contribution in [-0.4, -0.2) is 21.9 Å². The lowest BCUT2D eigenvalue weighted by molar-refractivity contribution is -0.115. The number of anilines is 1. The van der Waals surface area contributed by atoms with Crippen LogP contribution >= 0.6 is 23.1 Å². The smallest absolute Gasteiger partial charge is 0.322 e. The van der Waals surface area contributed by atoms with Gasteiger partial charge in [-0.05, 0) is 23.6 Å². The Kier molecular flexibility index (Phi) is 4.87. The van der Waals surface area contributed by atoms with E-state index in [1.165, 1.54) is 0 Å². The molecule has 2 aromatic heterocycles. The first kappa shape index (κ1) is 14.8. The number of hydrogen-bond donors (Lipinski definition) is 1. The van der Waals surface area contributed by atoms with E-state index < -0.39 is 0 Å². The lowest BCUT2D eigenvalue weighted by atomic mass is 10.3. The highest BCUT2D eigenvalue weighted by Gasteiger charge is 2.11. The molecule has 5 nitrogen and oxygen atoms in total. The Bertz CT molecular complexity index is 726. The van der Waals surface area contributed by atoms with Crippen molar-refractivity contribution in [3.8, 4) is 11.5 Å². The summed E-state index contributed by atoms with van der Waals surface area (Å²) in [5, 5.41) is 14.2. The van der Waals surface area contributed by atoms with Crippen LogP contribution in [0.5, 0.6) is 0 Å². The van der Waals surface area contributed by atoms with E-state index in [9.17, 15) is 4.79 Å². The molecule has 0 aliphatic rings. The number of nitrogens with zero attached hydrogens (tertiary/aromatic N) is 2. The van der Waals surface area contributed by atoms with Crippen LogP contribution in [0.4, 0.5) is 6.01 Å². The number of thioether (sulfide) groups is 1. The van der Waals surface area contributed by atoms with Crippen LogP contribution in [0.3, 0.4) is 0 Å². The van der Waals surface area contributed by atoms with Gasteiger partial charge < -0.3 is 4.42 Å². The Morgan fingerprint density at radius 2 is 2.09 bits per heavy atom. The monoisotopic (exact) mass is 331 g/mol. The second kappa shape index (κ2) is 7.24. The Morgan fingerprint density at radius 1 is 1.23 bits per heavy atom. The Balaban J connectivity index is 1.48. The first-order valence-corrected chi connectivity index (χ1v) is 8.58. The number of rotatable bonds is 6. The summed E-state index contributed by atoms with van der Waals surface area (Å²) in [5.74, 6) is 0.973. The van der Waals surface area contributed by atoms with Crippen molar-refractivity contribution in [1.82, 2.24) is 10.2 Å². The molecule has 0 unspecified atom stereocenters.